The first kappa shape index (κ1) is 11.3. The number of hydrogen-bond acceptors (Lipinski definition) is 2. The van der Waals surface area contributed by atoms with Crippen LogP contribution in [0.2, 0.25) is 0 Å². The molecule has 0 radical (unpaired) electrons. The molecule has 0 aliphatic heterocycles. The molecule has 14 heavy (non-hydrogen) atoms. The van der Waals surface area contributed by atoms with Crippen LogP contribution in [-0.4, -0.2) is 4.98 Å². The topological polar surface area (TPSA) is 38.9 Å². The van der Waals surface area contributed by atoms with E-state index in [0.717, 1.165) is 6.42 Å². The van der Waals surface area contributed by atoms with E-state index in [4.69, 9.17) is 5.73 Å². The van der Waals surface area contributed by atoms with E-state index in [-0.39, 0.29) is 11.9 Å². The summed E-state index contributed by atoms with van der Waals surface area (Å²) in [6.07, 6.45) is 5.95. The molecule has 1 aromatic rings. The van der Waals surface area contributed by atoms with E-state index >= 15 is 0 Å². The van der Waals surface area contributed by atoms with Crippen molar-refractivity contribution in [3.8, 4) is 0 Å². The molecular formula is C10H12BrFN2. The number of allylic oxidation sites excluding steroid dienone is 1. The second-order valence-electron chi connectivity index (χ2n) is 2.99. The molecule has 4 heteroatoms. The minimum Gasteiger partial charge on any atom is -0.324 e. The maximum atomic E-state index is 13.3. The summed E-state index contributed by atoms with van der Waals surface area (Å²) in [5.41, 5.74) is 6.33. The lowest BCUT2D eigenvalue weighted by molar-refractivity contribution is 0.559. The minimum absolute atomic E-state index is 0.314. The van der Waals surface area contributed by atoms with Crippen LogP contribution in [0.1, 0.15) is 24.4 Å². The highest BCUT2D eigenvalue weighted by Gasteiger charge is 2.14. The summed E-state index contributed by atoms with van der Waals surface area (Å²) in [5, 5.41) is 0. The van der Waals surface area contributed by atoms with Gasteiger partial charge in [0, 0.05) is 22.3 Å². The SMILES string of the molecule is C=CCC[C@@H](N)c1c(F)cncc1Br. The molecule has 1 heterocycles. The molecule has 0 aromatic carbocycles. The molecule has 76 valence electrons. The van der Waals surface area contributed by atoms with Gasteiger partial charge in [-0.3, -0.25) is 4.98 Å². The Morgan fingerprint density at radius 3 is 2.93 bits per heavy atom. The van der Waals surface area contributed by atoms with Crippen LogP contribution in [0, 0.1) is 5.82 Å². The van der Waals surface area contributed by atoms with Crippen LogP contribution in [0.3, 0.4) is 0 Å². The van der Waals surface area contributed by atoms with E-state index in [0.29, 0.717) is 16.5 Å². The highest BCUT2D eigenvalue weighted by atomic mass is 79.9. The highest BCUT2D eigenvalue weighted by Crippen LogP contribution is 2.26. The number of nitrogens with two attached hydrogens (primary N) is 1. The van der Waals surface area contributed by atoms with Gasteiger partial charge in [0.05, 0.1) is 6.20 Å². The fraction of sp³-hybridized carbons (Fsp3) is 0.300. The standard InChI is InChI=1S/C10H12BrFN2/c1-2-3-4-9(13)10-7(11)5-14-6-8(10)12/h2,5-6,9H,1,3-4,13H2/t9-/m1/s1. The van der Waals surface area contributed by atoms with Gasteiger partial charge in [-0.05, 0) is 28.8 Å². The zero-order valence-corrected chi connectivity index (χ0v) is 9.30. The molecule has 0 unspecified atom stereocenters. The van der Waals surface area contributed by atoms with Crippen molar-refractivity contribution < 1.29 is 4.39 Å². The van der Waals surface area contributed by atoms with Gasteiger partial charge in [0.1, 0.15) is 5.82 Å². The van der Waals surface area contributed by atoms with E-state index in [1.807, 2.05) is 0 Å². The molecule has 0 amide bonds. The first-order chi connectivity index (χ1) is 6.66. The largest absolute Gasteiger partial charge is 0.324 e. The van der Waals surface area contributed by atoms with Gasteiger partial charge < -0.3 is 5.73 Å². The lowest BCUT2D eigenvalue weighted by Gasteiger charge is -2.13. The summed E-state index contributed by atoms with van der Waals surface area (Å²) in [4.78, 5) is 3.71. The molecule has 0 fully saturated rings. The quantitative estimate of drug-likeness (QED) is 0.844. The van der Waals surface area contributed by atoms with Crippen molar-refractivity contribution in [2.45, 2.75) is 18.9 Å². The van der Waals surface area contributed by atoms with Crippen LogP contribution < -0.4 is 5.73 Å². The number of hydrogen-bond donors (Lipinski definition) is 1. The van der Waals surface area contributed by atoms with Crippen LogP contribution in [0.15, 0.2) is 29.5 Å². The van der Waals surface area contributed by atoms with Gasteiger partial charge in [-0.2, -0.15) is 0 Å². The third kappa shape index (κ3) is 2.62. The lowest BCUT2D eigenvalue weighted by Crippen LogP contribution is -2.12. The number of pyridine rings is 1. The van der Waals surface area contributed by atoms with Gasteiger partial charge in [0.2, 0.25) is 0 Å². The second kappa shape index (κ2) is 5.22. The molecule has 0 bridgehead atoms. The van der Waals surface area contributed by atoms with Gasteiger partial charge in [-0.15, -0.1) is 6.58 Å². The summed E-state index contributed by atoms with van der Waals surface area (Å²) in [6, 6.07) is -0.314. The Labute approximate surface area is 91.2 Å². The summed E-state index contributed by atoms with van der Waals surface area (Å²) in [6.45, 7) is 3.60. The van der Waals surface area contributed by atoms with Crippen molar-refractivity contribution in [3.05, 3.63) is 40.9 Å². The van der Waals surface area contributed by atoms with E-state index in [1.54, 1.807) is 12.3 Å². The molecule has 0 aliphatic rings. The Hall–Kier alpha value is -0.740. The summed E-state index contributed by atoms with van der Waals surface area (Å²) < 4.78 is 13.9. The zero-order valence-electron chi connectivity index (χ0n) is 7.71. The Bertz CT molecular complexity index is 308. The van der Waals surface area contributed by atoms with E-state index in [2.05, 4.69) is 27.5 Å². The minimum atomic E-state index is -0.365. The number of aromatic nitrogens is 1. The molecular weight excluding hydrogens is 247 g/mol. The summed E-state index contributed by atoms with van der Waals surface area (Å²) >= 11 is 3.23. The van der Waals surface area contributed by atoms with Crippen molar-refractivity contribution in [3.63, 3.8) is 0 Å². The smallest absolute Gasteiger partial charge is 0.147 e. The maximum Gasteiger partial charge on any atom is 0.147 e. The van der Waals surface area contributed by atoms with Gasteiger partial charge in [-0.25, -0.2) is 4.39 Å². The maximum absolute atomic E-state index is 13.3. The van der Waals surface area contributed by atoms with Crippen molar-refractivity contribution in [1.29, 1.82) is 0 Å². The van der Waals surface area contributed by atoms with E-state index < -0.39 is 0 Å². The third-order valence-electron chi connectivity index (χ3n) is 1.94. The molecule has 0 spiro atoms. The molecule has 1 aromatic heterocycles. The van der Waals surface area contributed by atoms with Crippen LogP contribution in [0.25, 0.3) is 0 Å². The zero-order chi connectivity index (χ0) is 10.6. The Morgan fingerprint density at radius 2 is 2.36 bits per heavy atom. The highest BCUT2D eigenvalue weighted by molar-refractivity contribution is 9.10. The molecule has 1 atom stereocenters. The first-order valence-electron chi connectivity index (χ1n) is 4.32. The van der Waals surface area contributed by atoms with Gasteiger partial charge in [-0.1, -0.05) is 6.08 Å². The normalized spacial score (nSPS) is 12.5. The average Bonchev–Trinajstić information content (AvgIpc) is 2.14. The molecule has 0 aliphatic carbocycles. The Balaban J connectivity index is 2.87. The fourth-order valence-corrected chi connectivity index (χ4v) is 1.82. The molecule has 2 N–H and O–H groups in total. The number of halogens is 2. The van der Waals surface area contributed by atoms with Gasteiger partial charge >= 0.3 is 0 Å². The first-order valence-corrected chi connectivity index (χ1v) is 5.11. The molecule has 1 rings (SSSR count). The van der Waals surface area contributed by atoms with Crippen molar-refractivity contribution in [2.75, 3.05) is 0 Å². The van der Waals surface area contributed by atoms with E-state index in [1.165, 1.54) is 6.20 Å². The van der Waals surface area contributed by atoms with Crippen LogP contribution >= 0.6 is 15.9 Å². The van der Waals surface area contributed by atoms with Crippen molar-refractivity contribution >= 4 is 15.9 Å². The second-order valence-corrected chi connectivity index (χ2v) is 3.84. The lowest BCUT2D eigenvalue weighted by atomic mass is 10.0. The van der Waals surface area contributed by atoms with Crippen LogP contribution in [0.5, 0.6) is 0 Å². The monoisotopic (exact) mass is 258 g/mol. The molecule has 0 saturated heterocycles. The summed E-state index contributed by atoms with van der Waals surface area (Å²) in [7, 11) is 0. The summed E-state index contributed by atoms with van der Waals surface area (Å²) in [5.74, 6) is -0.365. The van der Waals surface area contributed by atoms with Crippen LogP contribution in [-0.2, 0) is 0 Å². The Kier molecular flexibility index (Phi) is 4.22. The number of nitrogens with zero attached hydrogens (tertiary/aromatic N) is 1. The molecule has 0 saturated carbocycles. The third-order valence-corrected chi connectivity index (χ3v) is 2.57. The number of rotatable bonds is 4. The van der Waals surface area contributed by atoms with Gasteiger partial charge in [0.15, 0.2) is 0 Å². The van der Waals surface area contributed by atoms with Crippen molar-refractivity contribution in [2.24, 2.45) is 5.73 Å². The molecule has 2 nitrogen and oxygen atoms in total. The van der Waals surface area contributed by atoms with Gasteiger partial charge in [0.25, 0.3) is 0 Å². The van der Waals surface area contributed by atoms with E-state index in [9.17, 15) is 4.39 Å². The predicted molar refractivity (Wildman–Crippen MR) is 58.3 cm³/mol. The van der Waals surface area contributed by atoms with Crippen molar-refractivity contribution in [1.82, 2.24) is 4.98 Å². The predicted octanol–water partition coefficient (Wildman–Crippen LogP) is 2.95. The average molecular weight is 259 g/mol. The van der Waals surface area contributed by atoms with Crippen LogP contribution in [0.4, 0.5) is 4.39 Å². The fourth-order valence-electron chi connectivity index (χ4n) is 1.22. The Morgan fingerprint density at radius 1 is 1.64 bits per heavy atom.